The number of rotatable bonds is 4. The van der Waals surface area contributed by atoms with E-state index in [-0.39, 0.29) is 5.82 Å². The number of hydrogen-bond donors (Lipinski definition) is 0. The fourth-order valence-electron chi connectivity index (χ4n) is 2.72. The zero-order valence-corrected chi connectivity index (χ0v) is 13.8. The van der Waals surface area contributed by atoms with Crippen LogP contribution in [0.25, 0.3) is 0 Å². The molecule has 0 amide bonds. The molecule has 0 unspecified atom stereocenters. The van der Waals surface area contributed by atoms with Crippen LogP contribution in [0.3, 0.4) is 0 Å². The molecule has 0 aliphatic carbocycles. The lowest BCUT2D eigenvalue weighted by atomic mass is 10.1. The molecule has 0 N–H and O–H groups in total. The quantitative estimate of drug-likeness (QED) is 0.763. The Balaban J connectivity index is 1.58. The van der Waals surface area contributed by atoms with E-state index in [4.69, 9.17) is 17.0 Å². The van der Waals surface area contributed by atoms with E-state index < -0.39 is 0 Å². The predicted octanol–water partition coefficient (Wildman–Crippen LogP) is 4.57. The highest BCUT2D eigenvalue weighted by Crippen LogP contribution is 2.18. The van der Waals surface area contributed by atoms with Crippen LogP contribution in [0.5, 0.6) is 5.75 Å². The van der Waals surface area contributed by atoms with Crippen LogP contribution < -0.4 is 4.74 Å². The van der Waals surface area contributed by atoms with Gasteiger partial charge in [-0.1, -0.05) is 24.4 Å². The lowest BCUT2D eigenvalue weighted by Crippen LogP contribution is -2.34. The van der Waals surface area contributed by atoms with Gasteiger partial charge in [-0.2, -0.15) is 0 Å². The third kappa shape index (κ3) is 4.29. The Bertz CT molecular complexity index is 648. The second kappa shape index (κ2) is 7.55. The van der Waals surface area contributed by atoms with Crippen molar-refractivity contribution >= 4 is 17.2 Å². The average Bonchev–Trinajstić information content (AvgIpc) is 2.62. The van der Waals surface area contributed by atoms with Crippen LogP contribution in [0.2, 0.25) is 0 Å². The molecule has 1 heterocycles. The number of halogens is 1. The van der Waals surface area contributed by atoms with Crippen molar-refractivity contribution in [3.8, 4) is 5.75 Å². The summed E-state index contributed by atoms with van der Waals surface area (Å²) in [4.78, 5) is 3.21. The van der Waals surface area contributed by atoms with E-state index in [1.165, 1.54) is 31.4 Å². The van der Waals surface area contributed by atoms with E-state index in [9.17, 15) is 4.39 Å². The summed E-state index contributed by atoms with van der Waals surface area (Å²) in [5, 5.41) is 0. The SMILES string of the molecule is Fc1ccc(COc2ccc(C(=S)N3CCCCC3)cc2)cc1. The molecule has 0 radical (unpaired) electrons. The van der Waals surface area contributed by atoms with Gasteiger partial charge < -0.3 is 9.64 Å². The number of hydrogen-bond acceptors (Lipinski definition) is 2. The third-order valence-corrected chi connectivity index (χ3v) is 4.56. The number of thiocarbonyl (C=S) groups is 1. The smallest absolute Gasteiger partial charge is 0.123 e. The van der Waals surface area contributed by atoms with Crippen molar-refractivity contribution in [3.05, 3.63) is 65.5 Å². The summed E-state index contributed by atoms with van der Waals surface area (Å²) in [6.45, 7) is 2.54. The van der Waals surface area contributed by atoms with Crippen LogP contribution in [-0.2, 0) is 6.61 Å². The van der Waals surface area contributed by atoms with E-state index in [1.807, 2.05) is 24.3 Å². The lowest BCUT2D eigenvalue weighted by Gasteiger charge is -2.29. The van der Waals surface area contributed by atoms with Gasteiger partial charge in [0.05, 0.1) is 0 Å². The average molecular weight is 329 g/mol. The highest BCUT2D eigenvalue weighted by Gasteiger charge is 2.14. The molecule has 3 rings (SSSR count). The number of likely N-dealkylation sites (tertiary alicyclic amines) is 1. The van der Waals surface area contributed by atoms with Gasteiger partial charge in [-0.3, -0.25) is 0 Å². The number of piperidine rings is 1. The fraction of sp³-hybridized carbons (Fsp3) is 0.316. The zero-order valence-electron chi connectivity index (χ0n) is 13.0. The summed E-state index contributed by atoms with van der Waals surface area (Å²) in [5.41, 5.74) is 2.01. The van der Waals surface area contributed by atoms with E-state index in [2.05, 4.69) is 4.90 Å². The maximum Gasteiger partial charge on any atom is 0.123 e. The monoisotopic (exact) mass is 329 g/mol. The highest BCUT2D eigenvalue weighted by molar-refractivity contribution is 7.80. The minimum Gasteiger partial charge on any atom is -0.489 e. The second-order valence-electron chi connectivity index (χ2n) is 5.79. The Hall–Kier alpha value is -1.94. The summed E-state index contributed by atoms with van der Waals surface area (Å²) >= 11 is 5.59. The van der Waals surface area contributed by atoms with Crippen LogP contribution >= 0.6 is 12.2 Å². The molecule has 23 heavy (non-hydrogen) atoms. The molecule has 0 spiro atoms. The molecule has 0 saturated carbocycles. The van der Waals surface area contributed by atoms with Gasteiger partial charge in [0.2, 0.25) is 0 Å². The normalized spacial score (nSPS) is 14.6. The molecule has 0 bridgehead atoms. The molecule has 2 aromatic rings. The summed E-state index contributed by atoms with van der Waals surface area (Å²) in [7, 11) is 0. The largest absolute Gasteiger partial charge is 0.489 e. The van der Waals surface area contributed by atoms with Gasteiger partial charge in [-0.15, -0.1) is 0 Å². The Morgan fingerprint density at radius 2 is 1.61 bits per heavy atom. The summed E-state index contributed by atoms with van der Waals surface area (Å²) in [5.74, 6) is 0.559. The van der Waals surface area contributed by atoms with E-state index >= 15 is 0 Å². The molecule has 0 aromatic heterocycles. The van der Waals surface area contributed by atoms with Gasteiger partial charge in [0.15, 0.2) is 0 Å². The molecule has 4 heteroatoms. The zero-order chi connectivity index (χ0) is 16.1. The summed E-state index contributed by atoms with van der Waals surface area (Å²) in [6, 6.07) is 14.3. The Labute approximate surface area is 141 Å². The first-order chi connectivity index (χ1) is 11.2. The van der Waals surface area contributed by atoms with E-state index in [0.717, 1.165) is 35.0 Å². The van der Waals surface area contributed by atoms with Gasteiger partial charge in [0.1, 0.15) is 23.2 Å². The minimum absolute atomic E-state index is 0.232. The maximum absolute atomic E-state index is 12.9. The molecule has 1 saturated heterocycles. The topological polar surface area (TPSA) is 12.5 Å². The summed E-state index contributed by atoms with van der Waals surface area (Å²) < 4.78 is 18.6. The summed E-state index contributed by atoms with van der Waals surface area (Å²) in [6.07, 6.45) is 3.74. The molecule has 2 aromatic carbocycles. The van der Waals surface area contributed by atoms with E-state index in [0.29, 0.717) is 6.61 Å². The van der Waals surface area contributed by atoms with Gasteiger partial charge >= 0.3 is 0 Å². The second-order valence-corrected chi connectivity index (χ2v) is 6.18. The standard InChI is InChI=1S/C19H20FNOS/c20-17-8-4-15(5-9-17)14-22-18-10-6-16(7-11-18)19(23)21-12-2-1-3-13-21/h4-11H,1-3,12-14H2. The maximum atomic E-state index is 12.9. The lowest BCUT2D eigenvalue weighted by molar-refractivity contribution is 0.306. The Morgan fingerprint density at radius 3 is 2.26 bits per heavy atom. The van der Waals surface area contributed by atoms with Crippen molar-refractivity contribution in [2.45, 2.75) is 25.9 Å². The van der Waals surface area contributed by atoms with Crippen LogP contribution in [-0.4, -0.2) is 23.0 Å². The molecule has 1 fully saturated rings. The van der Waals surface area contributed by atoms with Crippen LogP contribution in [0.4, 0.5) is 4.39 Å². The minimum atomic E-state index is -0.232. The number of ether oxygens (including phenoxy) is 1. The Morgan fingerprint density at radius 1 is 0.957 bits per heavy atom. The first-order valence-electron chi connectivity index (χ1n) is 7.99. The molecular weight excluding hydrogens is 309 g/mol. The van der Waals surface area contributed by atoms with Crippen LogP contribution in [0.1, 0.15) is 30.4 Å². The van der Waals surface area contributed by atoms with Crippen LogP contribution in [0, 0.1) is 5.82 Å². The molecule has 120 valence electrons. The van der Waals surface area contributed by atoms with E-state index in [1.54, 1.807) is 12.1 Å². The first kappa shape index (κ1) is 15.9. The number of benzene rings is 2. The van der Waals surface area contributed by atoms with Gasteiger partial charge in [0, 0.05) is 18.7 Å². The van der Waals surface area contributed by atoms with Crippen molar-refractivity contribution in [3.63, 3.8) is 0 Å². The fourth-order valence-corrected chi connectivity index (χ4v) is 3.04. The molecule has 1 aliphatic rings. The molecule has 1 aliphatic heterocycles. The Kier molecular flexibility index (Phi) is 5.23. The van der Waals surface area contributed by atoms with Crippen molar-refractivity contribution in [2.24, 2.45) is 0 Å². The van der Waals surface area contributed by atoms with Crippen molar-refractivity contribution in [1.29, 1.82) is 0 Å². The number of nitrogens with zero attached hydrogens (tertiary/aromatic N) is 1. The predicted molar refractivity (Wildman–Crippen MR) is 94.3 cm³/mol. The highest BCUT2D eigenvalue weighted by atomic mass is 32.1. The molecule has 2 nitrogen and oxygen atoms in total. The van der Waals surface area contributed by atoms with Gasteiger partial charge in [-0.25, -0.2) is 4.39 Å². The third-order valence-electron chi connectivity index (χ3n) is 4.06. The van der Waals surface area contributed by atoms with Crippen molar-refractivity contribution in [2.75, 3.05) is 13.1 Å². The van der Waals surface area contributed by atoms with Crippen molar-refractivity contribution < 1.29 is 9.13 Å². The van der Waals surface area contributed by atoms with Gasteiger partial charge in [0.25, 0.3) is 0 Å². The first-order valence-corrected chi connectivity index (χ1v) is 8.40. The van der Waals surface area contributed by atoms with Crippen LogP contribution in [0.15, 0.2) is 48.5 Å². The molecular formula is C19H20FNOS. The van der Waals surface area contributed by atoms with Crippen molar-refractivity contribution in [1.82, 2.24) is 4.90 Å². The molecule has 0 atom stereocenters. The van der Waals surface area contributed by atoms with Gasteiger partial charge in [-0.05, 0) is 61.2 Å².